The van der Waals surface area contributed by atoms with Gasteiger partial charge in [0, 0.05) is 6.20 Å². The van der Waals surface area contributed by atoms with Gasteiger partial charge in [0.25, 0.3) is 0 Å². The maximum Gasteiger partial charge on any atom is 0.105 e. The molecule has 34 valence electrons. The van der Waals surface area contributed by atoms with E-state index in [9.17, 15) is 0 Å². The molecular weight excluding hydrogens is 82.0 g/mol. The highest BCUT2D eigenvalue weighted by Crippen LogP contribution is 1.80. The summed E-state index contributed by atoms with van der Waals surface area (Å²) in [5.74, 6) is 0. The van der Waals surface area contributed by atoms with Crippen molar-refractivity contribution in [3.8, 4) is 0 Å². The normalized spacial score (nSPS) is 20.0. The van der Waals surface area contributed by atoms with Crippen molar-refractivity contribution in [1.82, 2.24) is 5.48 Å². The standard InChI is InChI=1S/C3H5NO2/c1-2-4-6-5-3-1/h1-2,4H,3H2. The van der Waals surface area contributed by atoms with E-state index in [0.717, 1.165) is 0 Å². The molecule has 0 aromatic rings. The fourth-order valence-corrected chi connectivity index (χ4v) is 0.231. The largest absolute Gasteiger partial charge is 0.243 e. The Balaban J connectivity index is 2.26. The molecular formula is C3H5NO2. The molecule has 1 aliphatic rings. The summed E-state index contributed by atoms with van der Waals surface area (Å²) in [7, 11) is 0. The Labute approximate surface area is 35.4 Å². The highest BCUT2D eigenvalue weighted by atomic mass is 17.3. The molecule has 0 atom stereocenters. The van der Waals surface area contributed by atoms with Crippen molar-refractivity contribution in [3.63, 3.8) is 0 Å². The predicted octanol–water partition coefficient (Wildman–Crippen LogP) is -0.0335. The first kappa shape index (κ1) is 3.64. The highest BCUT2D eigenvalue weighted by Gasteiger charge is 1.84. The first-order valence-corrected chi connectivity index (χ1v) is 1.69. The van der Waals surface area contributed by atoms with Gasteiger partial charge in [0.05, 0.1) is 0 Å². The molecule has 0 saturated heterocycles. The Morgan fingerprint density at radius 1 is 1.67 bits per heavy atom. The average molecular weight is 87.1 g/mol. The molecule has 3 heteroatoms. The lowest BCUT2D eigenvalue weighted by atomic mass is 10.7. The van der Waals surface area contributed by atoms with Crippen molar-refractivity contribution in [2.45, 2.75) is 0 Å². The molecule has 0 aliphatic carbocycles. The van der Waals surface area contributed by atoms with Crippen LogP contribution in [0.2, 0.25) is 0 Å². The van der Waals surface area contributed by atoms with Crippen LogP contribution in [0.3, 0.4) is 0 Å². The average Bonchev–Trinajstić information content (AvgIpc) is 1.72. The lowest BCUT2D eigenvalue weighted by Gasteiger charge is -2.02. The van der Waals surface area contributed by atoms with Gasteiger partial charge < -0.3 is 0 Å². The maximum absolute atomic E-state index is 4.37. The van der Waals surface area contributed by atoms with E-state index in [1.807, 2.05) is 6.08 Å². The van der Waals surface area contributed by atoms with Gasteiger partial charge in [-0.2, -0.15) is 0 Å². The molecule has 0 aromatic heterocycles. The Morgan fingerprint density at radius 2 is 2.67 bits per heavy atom. The van der Waals surface area contributed by atoms with Crippen molar-refractivity contribution in [2.75, 3.05) is 6.61 Å². The van der Waals surface area contributed by atoms with Crippen LogP contribution in [0, 0.1) is 0 Å². The smallest absolute Gasteiger partial charge is 0.105 e. The van der Waals surface area contributed by atoms with Gasteiger partial charge in [0.2, 0.25) is 0 Å². The second-order valence-corrected chi connectivity index (χ2v) is 0.888. The molecule has 0 unspecified atom stereocenters. The fourth-order valence-electron chi connectivity index (χ4n) is 0.231. The van der Waals surface area contributed by atoms with Crippen LogP contribution in [0.15, 0.2) is 12.3 Å². The third kappa shape index (κ3) is 0.702. The Morgan fingerprint density at radius 3 is 2.83 bits per heavy atom. The summed E-state index contributed by atoms with van der Waals surface area (Å²) in [6, 6.07) is 0. The zero-order valence-electron chi connectivity index (χ0n) is 3.18. The van der Waals surface area contributed by atoms with Crippen LogP contribution in [0.25, 0.3) is 0 Å². The summed E-state index contributed by atoms with van der Waals surface area (Å²) in [5.41, 5.74) is 2.38. The molecule has 0 radical (unpaired) electrons. The molecule has 0 aromatic carbocycles. The predicted molar refractivity (Wildman–Crippen MR) is 19.3 cm³/mol. The van der Waals surface area contributed by atoms with Gasteiger partial charge in [0.1, 0.15) is 6.61 Å². The zero-order chi connectivity index (χ0) is 4.24. The zero-order valence-corrected chi connectivity index (χ0v) is 3.18. The van der Waals surface area contributed by atoms with E-state index in [-0.39, 0.29) is 0 Å². The lowest BCUT2D eigenvalue weighted by Crippen LogP contribution is -2.11. The van der Waals surface area contributed by atoms with Crippen molar-refractivity contribution in [1.29, 1.82) is 0 Å². The molecule has 1 aliphatic heterocycles. The van der Waals surface area contributed by atoms with Gasteiger partial charge in [-0.15, -0.1) is 4.99 Å². The Bertz CT molecular complexity index is 53.8. The van der Waals surface area contributed by atoms with E-state index in [0.29, 0.717) is 6.61 Å². The van der Waals surface area contributed by atoms with Crippen molar-refractivity contribution >= 4 is 0 Å². The molecule has 0 fully saturated rings. The quantitative estimate of drug-likeness (QED) is 0.421. The number of rotatable bonds is 0. The number of hydrogen-bond donors (Lipinski definition) is 1. The van der Waals surface area contributed by atoms with E-state index < -0.39 is 0 Å². The summed E-state index contributed by atoms with van der Waals surface area (Å²) in [5, 5.41) is 0. The van der Waals surface area contributed by atoms with Gasteiger partial charge in [-0.3, -0.25) is 0 Å². The van der Waals surface area contributed by atoms with Crippen LogP contribution in [-0.2, 0) is 9.88 Å². The maximum atomic E-state index is 4.37. The first-order chi connectivity index (χ1) is 3.00. The van der Waals surface area contributed by atoms with E-state index in [4.69, 9.17) is 0 Å². The second-order valence-electron chi connectivity index (χ2n) is 0.888. The van der Waals surface area contributed by atoms with Gasteiger partial charge in [-0.05, 0) is 6.08 Å². The summed E-state index contributed by atoms with van der Waals surface area (Å²) in [4.78, 5) is 8.60. The minimum atomic E-state index is 0.535. The fraction of sp³-hybridized carbons (Fsp3) is 0.333. The van der Waals surface area contributed by atoms with Crippen molar-refractivity contribution in [2.24, 2.45) is 0 Å². The first-order valence-electron chi connectivity index (χ1n) is 1.69. The van der Waals surface area contributed by atoms with E-state index in [2.05, 4.69) is 15.4 Å². The Hall–Kier alpha value is -0.540. The molecule has 0 amide bonds. The summed E-state index contributed by atoms with van der Waals surface area (Å²) in [6.07, 6.45) is 3.48. The molecule has 1 N–H and O–H groups in total. The van der Waals surface area contributed by atoms with Crippen LogP contribution in [-0.4, -0.2) is 6.61 Å². The molecule has 0 spiro atoms. The van der Waals surface area contributed by atoms with Crippen LogP contribution < -0.4 is 5.48 Å². The minimum absolute atomic E-state index is 0.535. The van der Waals surface area contributed by atoms with Gasteiger partial charge >= 0.3 is 0 Å². The van der Waals surface area contributed by atoms with Crippen molar-refractivity contribution < 1.29 is 9.88 Å². The summed E-state index contributed by atoms with van der Waals surface area (Å²) >= 11 is 0. The third-order valence-corrected chi connectivity index (χ3v) is 0.457. The SMILES string of the molecule is C1=CNOOC1. The highest BCUT2D eigenvalue weighted by molar-refractivity contribution is 4.76. The van der Waals surface area contributed by atoms with E-state index in [1.54, 1.807) is 6.20 Å². The number of hydroxylamine groups is 1. The van der Waals surface area contributed by atoms with Crippen LogP contribution >= 0.6 is 0 Å². The molecule has 0 saturated carbocycles. The topological polar surface area (TPSA) is 30.5 Å². The molecule has 6 heavy (non-hydrogen) atoms. The number of nitrogens with one attached hydrogen (secondary N) is 1. The van der Waals surface area contributed by atoms with Gasteiger partial charge in [-0.25, -0.2) is 10.4 Å². The Kier molecular flexibility index (Phi) is 1.09. The van der Waals surface area contributed by atoms with Crippen molar-refractivity contribution in [3.05, 3.63) is 12.3 Å². The van der Waals surface area contributed by atoms with Crippen LogP contribution in [0.5, 0.6) is 0 Å². The van der Waals surface area contributed by atoms with Gasteiger partial charge in [-0.1, -0.05) is 0 Å². The number of hydrogen-bond acceptors (Lipinski definition) is 3. The third-order valence-electron chi connectivity index (χ3n) is 0.457. The molecule has 0 bridgehead atoms. The second kappa shape index (κ2) is 1.79. The monoisotopic (exact) mass is 87.0 g/mol. The molecule has 1 heterocycles. The van der Waals surface area contributed by atoms with Gasteiger partial charge in [0.15, 0.2) is 0 Å². The summed E-state index contributed by atoms with van der Waals surface area (Å²) < 4.78 is 0. The van der Waals surface area contributed by atoms with Crippen LogP contribution in [0.4, 0.5) is 0 Å². The van der Waals surface area contributed by atoms with E-state index >= 15 is 0 Å². The molecule has 1 rings (SSSR count). The molecule has 3 nitrogen and oxygen atoms in total. The lowest BCUT2D eigenvalue weighted by molar-refractivity contribution is -0.326. The van der Waals surface area contributed by atoms with E-state index in [1.165, 1.54) is 0 Å². The summed E-state index contributed by atoms with van der Waals surface area (Å²) in [6.45, 7) is 0.535. The minimum Gasteiger partial charge on any atom is -0.243 e. The van der Waals surface area contributed by atoms with Crippen LogP contribution in [0.1, 0.15) is 0 Å².